The van der Waals surface area contributed by atoms with Gasteiger partial charge < -0.3 is 14.8 Å². The van der Waals surface area contributed by atoms with Gasteiger partial charge in [-0.3, -0.25) is 9.59 Å². The van der Waals surface area contributed by atoms with Gasteiger partial charge in [-0.1, -0.05) is 0 Å². The molecule has 0 atom stereocenters. The van der Waals surface area contributed by atoms with Crippen LogP contribution in [0.25, 0.3) is 0 Å². The second-order valence-electron chi connectivity index (χ2n) is 4.99. The minimum Gasteiger partial charge on any atom is -0.454 e. The van der Waals surface area contributed by atoms with Crippen molar-refractivity contribution in [2.45, 2.75) is 6.42 Å². The van der Waals surface area contributed by atoms with Gasteiger partial charge in [0.05, 0.1) is 6.42 Å². The van der Waals surface area contributed by atoms with Crippen LogP contribution >= 0.6 is 0 Å². The fourth-order valence-corrected chi connectivity index (χ4v) is 2.57. The van der Waals surface area contributed by atoms with Crippen molar-refractivity contribution < 1.29 is 19.1 Å². The number of ketones is 1. The standard InChI is InChI=1S/C16H11NO4/c18-15-7-11-5-9(1-3-12(11)17-15)16(19)10-2-4-13-14(6-10)21-8-20-13/h1-6H,7-8H2,(H,17,18). The molecule has 1 amide bonds. The van der Waals surface area contributed by atoms with Crippen LogP contribution in [0.2, 0.25) is 0 Å². The van der Waals surface area contributed by atoms with Gasteiger partial charge in [0.25, 0.3) is 0 Å². The summed E-state index contributed by atoms with van der Waals surface area (Å²) in [6.07, 6.45) is 0.317. The SMILES string of the molecule is O=C1Cc2cc(C(=O)c3ccc4c(c3)OCO4)ccc2N1. The van der Waals surface area contributed by atoms with Crippen molar-refractivity contribution in [2.24, 2.45) is 0 Å². The van der Waals surface area contributed by atoms with Gasteiger partial charge in [-0.2, -0.15) is 0 Å². The number of rotatable bonds is 2. The monoisotopic (exact) mass is 281 g/mol. The van der Waals surface area contributed by atoms with Crippen molar-refractivity contribution >= 4 is 17.4 Å². The molecule has 0 fully saturated rings. The quantitative estimate of drug-likeness (QED) is 0.857. The van der Waals surface area contributed by atoms with Crippen molar-refractivity contribution in [3.8, 4) is 11.5 Å². The number of amides is 1. The highest BCUT2D eigenvalue weighted by Gasteiger charge is 2.21. The number of carbonyl (C=O) groups excluding carboxylic acids is 2. The molecular formula is C16H11NO4. The first-order valence-electron chi connectivity index (χ1n) is 6.58. The van der Waals surface area contributed by atoms with Gasteiger partial charge in [0.2, 0.25) is 12.7 Å². The molecule has 104 valence electrons. The van der Waals surface area contributed by atoms with Crippen molar-refractivity contribution in [1.29, 1.82) is 0 Å². The lowest BCUT2D eigenvalue weighted by Gasteiger charge is -2.05. The van der Waals surface area contributed by atoms with Gasteiger partial charge in [-0.25, -0.2) is 0 Å². The molecule has 0 saturated carbocycles. The summed E-state index contributed by atoms with van der Waals surface area (Å²) in [5.74, 6) is 1.09. The maximum Gasteiger partial charge on any atom is 0.231 e. The molecule has 0 radical (unpaired) electrons. The van der Waals surface area contributed by atoms with Crippen LogP contribution in [0.1, 0.15) is 21.5 Å². The Morgan fingerprint density at radius 1 is 1.00 bits per heavy atom. The molecule has 21 heavy (non-hydrogen) atoms. The number of nitrogens with one attached hydrogen (secondary N) is 1. The van der Waals surface area contributed by atoms with Gasteiger partial charge >= 0.3 is 0 Å². The number of benzene rings is 2. The predicted molar refractivity (Wildman–Crippen MR) is 74.8 cm³/mol. The molecule has 4 rings (SSSR count). The van der Waals surface area contributed by atoms with E-state index in [9.17, 15) is 9.59 Å². The van der Waals surface area contributed by atoms with E-state index in [4.69, 9.17) is 9.47 Å². The second-order valence-corrected chi connectivity index (χ2v) is 4.99. The third-order valence-corrected chi connectivity index (χ3v) is 3.63. The molecule has 2 aromatic rings. The molecule has 2 aromatic carbocycles. The minimum atomic E-state index is -0.101. The first kappa shape index (κ1) is 12.0. The predicted octanol–water partition coefficient (Wildman–Crippen LogP) is 2.14. The second kappa shape index (κ2) is 4.34. The Morgan fingerprint density at radius 3 is 2.67 bits per heavy atom. The third kappa shape index (κ3) is 1.94. The smallest absolute Gasteiger partial charge is 0.231 e. The van der Waals surface area contributed by atoms with E-state index in [0.717, 1.165) is 11.3 Å². The van der Waals surface area contributed by atoms with Crippen LogP contribution in [0.3, 0.4) is 0 Å². The van der Waals surface area contributed by atoms with Gasteiger partial charge in [-0.05, 0) is 42.0 Å². The molecule has 0 unspecified atom stereocenters. The fraction of sp³-hybridized carbons (Fsp3) is 0.125. The van der Waals surface area contributed by atoms with Crippen LogP contribution in [0.15, 0.2) is 36.4 Å². The zero-order valence-electron chi connectivity index (χ0n) is 11.0. The lowest BCUT2D eigenvalue weighted by molar-refractivity contribution is -0.115. The summed E-state index contributed by atoms with van der Waals surface area (Å²) in [4.78, 5) is 23.9. The van der Waals surface area contributed by atoms with Gasteiger partial charge in [0.1, 0.15) is 0 Å². The Morgan fingerprint density at radius 2 is 1.76 bits per heavy atom. The van der Waals surface area contributed by atoms with Crippen LogP contribution < -0.4 is 14.8 Å². The van der Waals surface area contributed by atoms with E-state index in [-0.39, 0.29) is 18.5 Å². The lowest BCUT2D eigenvalue weighted by atomic mass is 10.00. The van der Waals surface area contributed by atoms with Crippen LogP contribution in [0.4, 0.5) is 5.69 Å². The summed E-state index contributed by atoms with van der Waals surface area (Å²) in [7, 11) is 0. The van der Waals surface area contributed by atoms with E-state index < -0.39 is 0 Å². The molecule has 1 N–H and O–H groups in total. The van der Waals surface area contributed by atoms with E-state index in [1.54, 1.807) is 36.4 Å². The van der Waals surface area contributed by atoms with Crippen molar-refractivity contribution in [3.05, 3.63) is 53.1 Å². The number of hydrogen-bond acceptors (Lipinski definition) is 4. The third-order valence-electron chi connectivity index (χ3n) is 3.63. The summed E-state index contributed by atoms with van der Waals surface area (Å²) in [5, 5.41) is 2.75. The van der Waals surface area contributed by atoms with Crippen LogP contribution in [0, 0.1) is 0 Å². The Kier molecular flexibility index (Phi) is 2.47. The van der Waals surface area contributed by atoms with Crippen LogP contribution in [-0.2, 0) is 11.2 Å². The normalized spacial score (nSPS) is 14.8. The summed E-state index contributed by atoms with van der Waals surface area (Å²) in [6, 6.07) is 10.4. The maximum absolute atomic E-state index is 12.5. The molecule has 0 bridgehead atoms. The number of fused-ring (bicyclic) bond motifs is 2. The Balaban J connectivity index is 1.69. The number of carbonyl (C=O) groups is 2. The Hall–Kier alpha value is -2.82. The Bertz CT molecular complexity index is 782. The van der Waals surface area contributed by atoms with E-state index in [2.05, 4.69) is 5.32 Å². The summed E-state index contributed by atoms with van der Waals surface area (Å²) >= 11 is 0. The summed E-state index contributed by atoms with van der Waals surface area (Å²) in [5.41, 5.74) is 2.73. The molecule has 0 aliphatic carbocycles. The van der Waals surface area contributed by atoms with Crippen LogP contribution in [-0.4, -0.2) is 18.5 Å². The number of anilines is 1. The number of ether oxygens (including phenoxy) is 2. The summed E-state index contributed by atoms with van der Waals surface area (Å²) in [6.45, 7) is 0.180. The van der Waals surface area contributed by atoms with E-state index in [1.165, 1.54) is 0 Å². The van der Waals surface area contributed by atoms with Gasteiger partial charge in [-0.15, -0.1) is 0 Å². The highest BCUT2D eigenvalue weighted by atomic mass is 16.7. The van der Waals surface area contributed by atoms with Gasteiger partial charge in [0.15, 0.2) is 17.3 Å². The molecule has 0 aromatic heterocycles. The van der Waals surface area contributed by atoms with E-state index in [1.807, 2.05) is 0 Å². The molecule has 2 aliphatic rings. The molecule has 0 spiro atoms. The zero-order valence-corrected chi connectivity index (χ0v) is 11.0. The molecule has 2 aliphatic heterocycles. The minimum absolute atomic E-state index is 0.0438. The average Bonchev–Trinajstić information content (AvgIpc) is 3.09. The Labute approximate surface area is 120 Å². The van der Waals surface area contributed by atoms with E-state index >= 15 is 0 Å². The van der Waals surface area contributed by atoms with Crippen molar-refractivity contribution in [3.63, 3.8) is 0 Å². The van der Waals surface area contributed by atoms with Crippen molar-refractivity contribution in [1.82, 2.24) is 0 Å². The highest BCUT2D eigenvalue weighted by molar-refractivity contribution is 6.10. The first-order valence-corrected chi connectivity index (χ1v) is 6.58. The fourth-order valence-electron chi connectivity index (χ4n) is 2.57. The number of hydrogen-bond donors (Lipinski definition) is 1. The lowest BCUT2D eigenvalue weighted by Crippen LogP contribution is -2.03. The molecule has 5 nitrogen and oxygen atoms in total. The topological polar surface area (TPSA) is 64.6 Å². The molecule has 2 heterocycles. The molecular weight excluding hydrogens is 270 g/mol. The zero-order chi connectivity index (χ0) is 14.4. The summed E-state index contributed by atoms with van der Waals surface area (Å²) < 4.78 is 10.5. The average molecular weight is 281 g/mol. The molecule has 5 heteroatoms. The van der Waals surface area contributed by atoms with Crippen molar-refractivity contribution in [2.75, 3.05) is 12.1 Å². The largest absolute Gasteiger partial charge is 0.454 e. The maximum atomic E-state index is 12.5. The molecule has 0 saturated heterocycles. The van der Waals surface area contributed by atoms with Gasteiger partial charge in [0, 0.05) is 16.8 Å². The van der Waals surface area contributed by atoms with E-state index in [0.29, 0.717) is 29.0 Å². The first-order chi connectivity index (χ1) is 10.2. The van der Waals surface area contributed by atoms with Crippen LogP contribution in [0.5, 0.6) is 11.5 Å². The highest BCUT2D eigenvalue weighted by Crippen LogP contribution is 2.33.